The lowest BCUT2D eigenvalue weighted by atomic mass is 10.0. The Morgan fingerprint density at radius 1 is 1.25 bits per heavy atom. The summed E-state index contributed by atoms with van der Waals surface area (Å²) in [5.74, 6) is 0.612. The summed E-state index contributed by atoms with van der Waals surface area (Å²) < 4.78 is 10.8. The third-order valence-corrected chi connectivity index (χ3v) is 3.24. The van der Waals surface area contributed by atoms with Crippen LogP contribution in [-0.2, 0) is 4.74 Å². The molecule has 0 aromatic heterocycles. The molecule has 102 valence electrons. The number of ketones is 1. The zero-order valence-corrected chi connectivity index (χ0v) is 11.3. The maximum Gasteiger partial charge on any atom is 0.196 e. The quantitative estimate of drug-likeness (QED) is 0.618. The van der Waals surface area contributed by atoms with Gasteiger partial charge in [0, 0.05) is 5.56 Å². The molecule has 1 heterocycles. The lowest BCUT2D eigenvalue weighted by Gasteiger charge is -2.11. The molecule has 1 atom stereocenters. The molecule has 1 saturated heterocycles. The molecule has 0 radical (unpaired) electrons. The molecular formula is C17H16O3. The van der Waals surface area contributed by atoms with Crippen molar-refractivity contribution in [3.05, 3.63) is 65.2 Å². The molecule has 1 aliphatic rings. The smallest absolute Gasteiger partial charge is 0.196 e. The van der Waals surface area contributed by atoms with Crippen LogP contribution in [0.4, 0.5) is 0 Å². The van der Waals surface area contributed by atoms with Crippen LogP contribution in [0.15, 0.2) is 48.5 Å². The van der Waals surface area contributed by atoms with Crippen LogP contribution in [0.2, 0.25) is 0 Å². The number of benzene rings is 2. The van der Waals surface area contributed by atoms with Crippen LogP contribution >= 0.6 is 0 Å². The summed E-state index contributed by atoms with van der Waals surface area (Å²) >= 11 is 0. The predicted molar refractivity (Wildman–Crippen MR) is 76.3 cm³/mol. The molecule has 0 amide bonds. The highest BCUT2D eigenvalue weighted by molar-refractivity contribution is 6.10. The maximum absolute atomic E-state index is 12.6. The fraction of sp³-hybridized carbons (Fsp3) is 0.235. The maximum atomic E-state index is 12.6. The fourth-order valence-electron chi connectivity index (χ4n) is 2.04. The van der Waals surface area contributed by atoms with Gasteiger partial charge in [0.05, 0.1) is 12.2 Å². The third-order valence-electron chi connectivity index (χ3n) is 3.24. The van der Waals surface area contributed by atoms with Gasteiger partial charge in [-0.2, -0.15) is 0 Å². The molecule has 2 aromatic rings. The summed E-state index contributed by atoms with van der Waals surface area (Å²) in [6.45, 7) is 3.21. The fourth-order valence-corrected chi connectivity index (χ4v) is 2.04. The Morgan fingerprint density at radius 2 is 2.00 bits per heavy atom. The first-order valence-electron chi connectivity index (χ1n) is 6.69. The first kappa shape index (κ1) is 12.9. The zero-order valence-electron chi connectivity index (χ0n) is 11.3. The molecule has 0 aliphatic carbocycles. The van der Waals surface area contributed by atoms with Gasteiger partial charge in [-0.1, -0.05) is 42.0 Å². The number of hydrogen-bond acceptors (Lipinski definition) is 3. The van der Waals surface area contributed by atoms with Crippen molar-refractivity contribution >= 4 is 5.78 Å². The molecule has 3 nitrogen and oxygen atoms in total. The largest absolute Gasteiger partial charge is 0.490 e. The van der Waals surface area contributed by atoms with E-state index in [1.807, 2.05) is 55.5 Å². The summed E-state index contributed by atoms with van der Waals surface area (Å²) in [5.41, 5.74) is 2.32. The van der Waals surface area contributed by atoms with Gasteiger partial charge < -0.3 is 9.47 Å². The first-order chi connectivity index (χ1) is 9.74. The van der Waals surface area contributed by atoms with E-state index in [1.165, 1.54) is 0 Å². The molecule has 20 heavy (non-hydrogen) atoms. The number of ether oxygens (including phenoxy) is 2. The van der Waals surface area contributed by atoms with Crippen LogP contribution in [-0.4, -0.2) is 25.1 Å². The molecule has 0 unspecified atom stereocenters. The number of carbonyl (C=O) groups excluding carboxylic acids is 1. The Morgan fingerprint density at radius 3 is 2.70 bits per heavy atom. The van der Waals surface area contributed by atoms with E-state index in [9.17, 15) is 4.79 Å². The van der Waals surface area contributed by atoms with Gasteiger partial charge in [-0.05, 0) is 19.1 Å². The van der Waals surface area contributed by atoms with E-state index in [0.29, 0.717) is 23.5 Å². The molecule has 1 fully saturated rings. The molecule has 0 saturated carbocycles. The Kier molecular flexibility index (Phi) is 3.52. The van der Waals surface area contributed by atoms with Gasteiger partial charge in [0.25, 0.3) is 0 Å². The predicted octanol–water partition coefficient (Wildman–Crippen LogP) is 3.00. The van der Waals surface area contributed by atoms with Crippen LogP contribution in [0.25, 0.3) is 0 Å². The van der Waals surface area contributed by atoms with Crippen molar-refractivity contribution in [2.45, 2.75) is 13.0 Å². The minimum atomic E-state index is -0.0129. The van der Waals surface area contributed by atoms with Crippen LogP contribution in [0.3, 0.4) is 0 Å². The van der Waals surface area contributed by atoms with Gasteiger partial charge in [-0.25, -0.2) is 0 Å². The minimum absolute atomic E-state index is 0.0129. The molecule has 1 aliphatic heterocycles. The van der Waals surface area contributed by atoms with Crippen molar-refractivity contribution < 1.29 is 14.3 Å². The highest BCUT2D eigenvalue weighted by atomic mass is 16.6. The number of rotatable bonds is 5. The van der Waals surface area contributed by atoms with Gasteiger partial charge in [0.15, 0.2) is 5.78 Å². The van der Waals surface area contributed by atoms with Crippen LogP contribution in [0.1, 0.15) is 21.5 Å². The Bertz CT molecular complexity index is 615. The van der Waals surface area contributed by atoms with Crippen molar-refractivity contribution in [1.82, 2.24) is 0 Å². The van der Waals surface area contributed by atoms with Crippen molar-refractivity contribution in [3.8, 4) is 5.75 Å². The monoisotopic (exact) mass is 268 g/mol. The minimum Gasteiger partial charge on any atom is -0.490 e. The molecule has 3 rings (SSSR count). The standard InChI is InChI=1S/C17H16O3/c1-12-7-8-16(20-11-14-10-19-14)15(9-12)17(18)13-5-3-2-4-6-13/h2-9,14H,10-11H2,1H3/t14-/m0/s1. The highest BCUT2D eigenvalue weighted by Gasteiger charge is 2.24. The van der Waals surface area contributed by atoms with Gasteiger partial charge in [-0.15, -0.1) is 0 Å². The number of hydrogen-bond donors (Lipinski definition) is 0. The summed E-state index contributed by atoms with van der Waals surface area (Å²) in [5, 5.41) is 0. The third kappa shape index (κ3) is 2.89. The van der Waals surface area contributed by atoms with Gasteiger partial charge in [0.1, 0.15) is 18.5 Å². The second-order valence-electron chi connectivity index (χ2n) is 4.96. The lowest BCUT2D eigenvalue weighted by molar-refractivity contribution is 0.103. The Hall–Kier alpha value is -2.13. The van der Waals surface area contributed by atoms with Crippen molar-refractivity contribution in [2.24, 2.45) is 0 Å². The van der Waals surface area contributed by atoms with E-state index in [4.69, 9.17) is 9.47 Å². The molecule has 0 spiro atoms. The van der Waals surface area contributed by atoms with E-state index in [-0.39, 0.29) is 11.9 Å². The number of epoxide rings is 1. The normalized spacial score (nSPS) is 16.8. The van der Waals surface area contributed by atoms with Crippen LogP contribution < -0.4 is 4.74 Å². The topological polar surface area (TPSA) is 38.8 Å². The Balaban J connectivity index is 1.89. The SMILES string of the molecule is Cc1ccc(OC[C@@H]2CO2)c(C(=O)c2ccccc2)c1. The van der Waals surface area contributed by atoms with E-state index < -0.39 is 0 Å². The van der Waals surface area contributed by atoms with Gasteiger partial charge in [-0.3, -0.25) is 4.79 Å². The second-order valence-corrected chi connectivity index (χ2v) is 4.96. The van der Waals surface area contributed by atoms with E-state index in [1.54, 1.807) is 0 Å². The van der Waals surface area contributed by atoms with E-state index in [0.717, 1.165) is 12.2 Å². The van der Waals surface area contributed by atoms with E-state index in [2.05, 4.69) is 0 Å². The lowest BCUT2D eigenvalue weighted by Crippen LogP contribution is -2.09. The molecule has 3 heteroatoms. The van der Waals surface area contributed by atoms with Gasteiger partial charge in [0.2, 0.25) is 0 Å². The Labute approximate surface area is 118 Å². The second kappa shape index (κ2) is 5.47. The average Bonchev–Trinajstić information content (AvgIpc) is 3.30. The first-order valence-corrected chi connectivity index (χ1v) is 6.69. The summed E-state index contributed by atoms with van der Waals surface area (Å²) in [6, 6.07) is 14.9. The molecule has 0 N–H and O–H groups in total. The number of carbonyl (C=O) groups is 1. The summed E-state index contributed by atoms with van der Waals surface area (Å²) in [4.78, 5) is 12.6. The van der Waals surface area contributed by atoms with Crippen molar-refractivity contribution in [3.63, 3.8) is 0 Å². The summed E-state index contributed by atoms with van der Waals surface area (Å²) in [6.07, 6.45) is 0.177. The van der Waals surface area contributed by atoms with Gasteiger partial charge >= 0.3 is 0 Å². The van der Waals surface area contributed by atoms with Crippen LogP contribution in [0.5, 0.6) is 5.75 Å². The molecule has 0 bridgehead atoms. The van der Waals surface area contributed by atoms with E-state index >= 15 is 0 Å². The molecule has 2 aromatic carbocycles. The van der Waals surface area contributed by atoms with Crippen molar-refractivity contribution in [2.75, 3.05) is 13.2 Å². The highest BCUT2D eigenvalue weighted by Crippen LogP contribution is 2.24. The summed E-state index contributed by atoms with van der Waals surface area (Å²) in [7, 11) is 0. The van der Waals surface area contributed by atoms with Crippen molar-refractivity contribution in [1.29, 1.82) is 0 Å². The van der Waals surface area contributed by atoms with Crippen LogP contribution in [0, 0.1) is 6.92 Å². The number of aryl methyl sites for hydroxylation is 1. The zero-order chi connectivity index (χ0) is 13.9. The average molecular weight is 268 g/mol. The molecular weight excluding hydrogens is 252 g/mol.